The molecule has 1 saturated heterocycles. The summed E-state index contributed by atoms with van der Waals surface area (Å²) < 4.78 is 22.9. The van der Waals surface area contributed by atoms with Crippen molar-refractivity contribution in [1.29, 1.82) is 0 Å². The lowest BCUT2D eigenvalue weighted by Gasteiger charge is -2.66. The summed E-state index contributed by atoms with van der Waals surface area (Å²) in [7, 11) is 2.97. The normalized spacial score (nSPS) is 53.2. The van der Waals surface area contributed by atoms with Gasteiger partial charge in [-0.25, -0.2) is 0 Å². The van der Waals surface area contributed by atoms with Crippen molar-refractivity contribution in [3.05, 3.63) is 12.2 Å². The Morgan fingerprint density at radius 1 is 0.907 bits per heavy atom. The van der Waals surface area contributed by atoms with Crippen molar-refractivity contribution in [2.45, 2.75) is 121 Å². The van der Waals surface area contributed by atoms with Crippen LogP contribution in [-0.2, 0) is 18.9 Å². The Hall–Kier alpha value is -0.660. The minimum Gasteiger partial charge on any atom is -0.396 e. The highest BCUT2D eigenvalue weighted by Crippen LogP contribution is 2.69. The molecule has 10 nitrogen and oxygen atoms in total. The summed E-state index contributed by atoms with van der Waals surface area (Å²) in [4.78, 5) is 0. The topological polar surface area (TPSA) is 158 Å². The third-order valence-corrected chi connectivity index (χ3v) is 12.7. The van der Waals surface area contributed by atoms with Crippen LogP contribution in [0.2, 0.25) is 0 Å². The van der Waals surface area contributed by atoms with Crippen molar-refractivity contribution in [1.82, 2.24) is 0 Å². The van der Waals surface area contributed by atoms with Crippen molar-refractivity contribution in [3.63, 3.8) is 0 Å². The first-order chi connectivity index (χ1) is 20.3. The number of ether oxygens (including phenoxy) is 4. The average Bonchev–Trinajstić information content (AvgIpc) is 3.24. The van der Waals surface area contributed by atoms with E-state index >= 15 is 0 Å². The van der Waals surface area contributed by atoms with Crippen LogP contribution >= 0.6 is 0 Å². The zero-order valence-electron chi connectivity index (χ0n) is 26.7. The molecule has 6 N–H and O–H groups in total. The zero-order chi connectivity index (χ0) is 31.5. The molecule has 5 rings (SSSR count). The van der Waals surface area contributed by atoms with Crippen molar-refractivity contribution < 1.29 is 49.6 Å². The largest absolute Gasteiger partial charge is 0.396 e. The number of hydrogen-bond acceptors (Lipinski definition) is 10. The maximum Gasteiger partial charge on any atom is 0.186 e. The lowest BCUT2D eigenvalue weighted by Crippen LogP contribution is -2.71. The predicted molar refractivity (Wildman–Crippen MR) is 158 cm³/mol. The summed E-state index contributed by atoms with van der Waals surface area (Å²) in [6, 6.07) is 0. The van der Waals surface area contributed by atoms with Crippen molar-refractivity contribution in [3.8, 4) is 0 Å². The smallest absolute Gasteiger partial charge is 0.186 e. The molecule has 5 fully saturated rings. The van der Waals surface area contributed by atoms with Gasteiger partial charge in [0.15, 0.2) is 6.29 Å². The van der Waals surface area contributed by atoms with E-state index in [-0.39, 0.29) is 54.6 Å². The highest BCUT2D eigenvalue weighted by atomic mass is 16.7. The summed E-state index contributed by atoms with van der Waals surface area (Å²) in [5.74, 6) is -0.724. The maximum absolute atomic E-state index is 12.6. The number of rotatable bonds is 8. The average molecular weight is 613 g/mol. The Bertz CT molecular complexity index is 995. The Balaban J connectivity index is 1.36. The zero-order valence-corrected chi connectivity index (χ0v) is 26.7. The summed E-state index contributed by atoms with van der Waals surface area (Å²) in [5.41, 5.74) is -2.15. The summed E-state index contributed by atoms with van der Waals surface area (Å²) in [6.07, 6.45) is 1.04. The summed E-state index contributed by atoms with van der Waals surface area (Å²) in [6.45, 7) is 8.63. The van der Waals surface area contributed by atoms with Gasteiger partial charge in [-0.05, 0) is 66.6 Å². The molecule has 248 valence electrons. The molecule has 43 heavy (non-hydrogen) atoms. The molecule has 0 aromatic rings. The Kier molecular flexibility index (Phi) is 9.80. The Morgan fingerprint density at radius 3 is 2.26 bits per heavy atom. The second-order valence-corrected chi connectivity index (χ2v) is 15.1. The SMILES string of the molecule is CO[C@H]1[C@H](O[C@H]2CC[C@@]3(C)[C@H]([C@H]2O)[C@H](O)C[C@]2(O)[C@@H]3CC[C@]3(C)[C@@H]([C@H](C)/C=C/[C@H](C)CO)C[C@H](O)[C@H]32)OC[C@@H](OC)[C@@H]1O. The molecule has 4 saturated carbocycles. The predicted octanol–water partition coefficient (Wildman–Crippen LogP) is 1.63. The molecule has 0 spiro atoms. The van der Waals surface area contributed by atoms with Crippen LogP contribution < -0.4 is 0 Å². The molecular weight excluding hydrogens is 556 g/mol. The summed E-state index contributed by atoms with van der Waals surface area (Å²) in [5, 5.41) is 67.8. The summed E-state index contributed by atoms with van der Waals surface area (Å²) >= 11 is 0. The van der Waals surface area contributed by atoms with E-state index in [1.54, 1.807) is 0 Å². The van der Waals surface area contributed by atoms with Gasteiger partial charge in [-0.2, -0.15) is 0 Å². The van der Waals surface area contributed by atoms with Crippen molar-refractivity contribution in [2.75, 3.05) is 27.4 Å². The van der Waals surface area contributed by atoms with Gasteiger partial charge in [0, 0.05) is 39.1 Å². The second-order valence-electron chi connectivity index (χ2n) is 15.1. The van der Waals surface area contributed by atoms with E-state index in [2.05, 4.69) is 26.8 Å². The number of hydrogen-bond donors (Lipinski definition) is 6. The molecule has 0 unspecified atom stereocenters. The van der Waals surface area contributed by atoms with Gasteiger partial charge in [-0.15, -0.1) is 0 Å². The van der Waals surface area contributed by atoms with Crippen LogP contribution in [0.15, 0.2) is 12.2 Å². The van der Waals surface area contributed by atoms with Crippen LogP contribution in [0, 0.1) is 46.3 Å². The van der Waals surface area contributed by atoms with Crippen LogP contribution in [0.5, 0.6) is 0 Å². The fourth-order valence-corrected chi connectivity index (χ4v) is 10.6. The van der Waals surface area contributed by atoms with Gasteiger partial charge in [0.25, 0.3) is 0 Å². The monoisotopic (exact) mass is 612 g/mol. The van der Waals surface area contributed by atoms with Crippen LogP contribution in [-0.4, -0.2) is 113 Å². The lowest BCUT2D eigenvalue weighted by molar-refractivity contribution is -0.321. The molecule has 1 heterocycles. The van der Waals surface area contributed by atoms with Crippen LogP contribution in [0.3, 0.4) is 0 Å². The fraction of sp³-hybridized carbons (Fsp3) is 0.939. The standard InChI is InChI=1S/C33H56O10/c1-17(15-34)7-8-18(2)19-13-20(35)29-31(19,3)12-10-24-32(4)11-9-22(26(37)25(32)21(36)14-33(24,29)39)43-30-28(41-6)27(38)23(40-5)16-42-30/h7-8,17-30,34-39H,9-16H2,1-6H3/b8-7+/t17-,18+,19+,20-,21+,22-,23+,24+,25-,26-,27-,28+,29+,30-,31+,32+,33-/m0/s1. The van der Waals surface area contributed by atoms with E-state index in [1.807, 2.05) is 13.0 Å². The minimum absolute atomic E-state index is 0.0607. The third kappa shape index (κ3) is 5.45. The first kappa shape index (κ1) is 33.7. The first-order valence-electron chi connectivity index (χ1n) is 16.3. The molecule has 0 aromatic heterocycles. The number of aliphatic hydroxyl groups excluding tert-OH is 5. The molecule has 17 atom stereocenters. The minimum atomic E-state index is -1.27. The Labute approximate surface area is 256 Å². The second kappa shape index (κ2) is 12.5. The van der Waals surface area contributed by atoms with Gasteiger partial charge < -0.3 is 49.6 Å². The maximum atomic E-state index is 12.6. The van der Waals surface area contributed by atoms with Crippen molar-refractivity contribution >= 4 is 0 Å². The number of methoxy groups -OCH3 is 2. The molecule has 1 aliphatic heterocycles. The highest BCUT2D eigenvalue weighted by Gasteiger charge is 2.72. The third-order valence-electron chi connectivity index (χ3n) is 12.7. The molecule has 0 amide bonds. The first-order valence-corrected chi connectivity index (χ1v) is 16.3. The van der Waals surface area contributed by atoms with Gasteiger partial charge in [0.05, 0.1) is 36.6 Å². The van der Waals surface area contributed by atoms with Crippen LogP contribution in [0.25, 0.3) is 0 Å². The molecule has 0 radical (unpaired) electrons. The lowest BCUT2D eigenvalue weighted by atomic mass is 9.41. The molecule has 4 aliphatic carbocycles. The van der Waals surface area contributed by atoms with Crippen LogP contribution in [0.1, 0.15) is 66.2 Å². The van der Waals surface area contributed by atoms with Gasteiger partial charge >= 0.3 is 0 Å². The van der Waals surface area contributed by atoms with E-state index in [0.717, 1.165) is 12.8 Å². The quantitative estimate of drug-likeness (QED) is 0.176. The van der Waals surface area contributed by atoms with E-state index in [1.165, 1.54) is 14.2 Å². The molecule has 0 aromatic carbocycles. The fourth-order valence-electron chi connectivity index (χ4n) is 10.6. The van der Waals surface area contributed by atoms with Crippen molar-refractivity contribution in [2.24, 2.45) is 46.3 Å². The molecular formula is C33H56O10. The Morgan fingerprint density at radius 2 is 1.60 bits per heavy atom. The number of aliphatic hydroxyl groups is 6. The van der Waals surface area contributed by atoms with E-state index in [4.69, 9.17) is 18.9 Å². The van der Waals surface area contributed by atoms with Crippen LogP contribution in [0.4, 0.5) is 0 Å². The highest BCUT2D eigenvalue weighted by molar-refractivity contribution is 5.21. The van der Waals surface area contributed by atoms with E-state index in [0.29, 0.717) is 19.3 Å². The van der Waals surface area contributed by atoms with Gasteiger partial charge in [0.2, 0.25) is 0 Å². The van der Waals surface area contributed by atoms with Gasteiger partial charge in [-0.1, -0.05) is 39.8 Å². The molecule has 0 bridgehead atoms. The van der Waals surface area contributed by atoms with E-state index in [9.17, 15) is 30.6 Å². The number of fused-ring (bicyclic) bond motifs is 5. The molecule has 10 heteroatoms. The van der Waals surface area contributed by atoms with E-state index < -0.39 is 66.0 Å². The van der Waals surface area contributed by atoms with Gasteiger partial charge in [0.1, 0.15) is 18.3 Å². The number of allylic oxidation sites excluding steroid dienone is 1. The van der Waals surface area contributed by atoms with Gasteiger partial charge in [-0.3, -0.25) is 0 Å². The molecule has 5 aliphatic rings.